The predicted octanol–water partition coefficient (Wildman–Crippen LogP) is 2.27. The third-order valence-electron chi connectivity index (χ3n) is 2.32. The lowest BCUT2D eigenvalue weighted by molar-refractivity contribution is -0.127. The van der Waals surface area contributed by atoms with Gasteiger partial charge in [0.25, 0.3) is 0 Å². The fourth-order valence-corrected chi connectivity index (χ4v) is 1.43. The largest absolute Gasteiger partial charge is 0.319 e. The van der Waals surface area contributed by atoms with Crippen LogP contribution in [0.2, 0.25) is 0 Å². The Morgan fingerprint density at radius 2 is 1.92 bits per heavy atom. The number of rotatable bonds is 4. The molecule has 0 aromatic carbocycles. The Hall–Kier alpha value is -0.320. The Balaban J connectivity index is 2.18. The standard InChI is InChI=1S/C8H13F4N/c1-5-2-6(3-5)13-4-8(11,12)7(9)10/h5-7,13H,2-4H2,1H3. The van der Waals surface area contributed by atoms with Crippen molar-refractivity contribution in [1.82, 2.24) is 5.32 Å². The van der Waals surface area contributed by atoms with Crippen LogP contribution in [-0.2, 0) is 0 Å². The summed E-state index contributed by atoms with van der Waals surface area (Å²) in [6.45, 7) is 1.09. The van der Waals surface area contributed by atoms with E-state index < -0.39 is 18.9 Å². The van der Waals surface area contributed by atoms with Gasteiger partial charge in [0, 0.05) is 6.04 Å². The van der Waals surface area contributed by atoms with E-state index in [1.807, 2.05) is 6.92 Å². The quantitative estimate of drug-likeness (QED) is 0.685. The summed E-state index contributed by atoms with van der Waals surface area (Å²) in [5.41, 5.74) is 0. The molecule has 0 heterocycles. The van der Waals surface area contributed by atoms with E-state index in [0.717, 1.165) is 12.8 Å². The SMILES string of the molecule is CC1CC(NCC(F)(F)C(F)F)C1. The molecule has 1 saturated carbocycles. The number of halogens is 4. The topological polar surface area (TPSA) is 12.0 Å². The van der Waals surface area contributed by atoms with Crippen molar-refractivity contribution >= 4 is 0 Å². The molecule has 5 heteroatoms. The van der Waals surface area contributed by atoms with Crippen LogP contribution in [0.3, 0.4) is 0 Å². The van der Waals surface area contributed by atoms with Gasteiger partial charge in [-0.2, -0.15) is 8.78 Å². The number of hydrogen-bond donors (Lipinski definition) is 1. The van der Waals surface area contributed by atoms with E-state index in [1.54, 1.807) is 0 Å². The van der Waals surface area contributed by atoms with E-state index in [2.05, 4.69) is 5.32 Å². The third kappa shape index (κ3) is 2.83. The average molecular weight is 199 g/mol. The van der Waals surface area contributed by atoms with Gasteiger partial charge in [-0.25, -0.2) is 8.78 Å². The van der Waals surface area contributed by atoms with Crippen LogP contribution in [0, 0.1) is 5.92 Å². The van der Waals surface area contributed by atoms with Gasteiger partial charge in [0.1, 0.15) is 0 Å². The maximum Gasteiger partial charge on any atom is 0.319 e. The van der Waals surface area contributed by atoms with Gasteiger partial charge in [0.2, 0.25) is 0 Å². The van der Waals surface area contributed by atoms with Crippen molar-refractivity contribution < 1.29 is 17.6 Å². The highest BCUT2D eigenvalue weighted by Gasteiger charge is 2.41. The molecule has 0 spiro atoms. The normalized spacial score (nSPS) is 29.1. The molecule has 0 unspecified atom stereocenters. The molecule has 0 aromatic rings. The van der Waals surface area contributed by atoms with Gasteiger partial charge in [-0.3, -0.25) is 0 Å². The Kier molecular flexibility index (Phi) is 3.16. The minimum atomic E-state index is -3.89. The van der Waals surface area contributed by atoms with Gasteiger partial charge in [-0.15, -0.1) is 0 Å². The molecule has 0 atom stereocenters. The summed E-state index contributed by atoms with van der Waals surface area (Å²) >= 11 is 0. The van der Waals surface area contributed by atoms with Crippen LogP contribution < -0.4 is 5.32 Å². The number of nitrogens with one attached hydrogen (secondary N) is 1. The van der Waals surface area contributed by atoms with Crippen LogP contribution in [0.1, 0.15) is 19.8 Å². The zero-order valence-electron chi connectivity index (χ0n) is 7.37. The van der Waals surface area contributed by atoms with Crippen molar-refractivity contribution in [2.75, 3.05) is 6.54 Å². The van der Waals surface area contributed by atoms with Gasteiger partial charge >= 0.3 is 12.3 Å². The maximum absolute atomic E-state index is 12.4. The molecule has 1 N–H and O–H groups in total. The van der Waals surface area contributed by atoms with Crippen molar-refractivity contribution in [3.8, 4) is 0 Å². The fraction of sp³-hybridized carbons (Fsp3) is 1.00. The lowest BCUT2D eigenvalue weighted by atomic mass is 9.82. The van der Waals surface area contributed by atoms with Gasteiger partial charge in [-0.05, 0) is 18.8 Å². The summed E-state index contributed by atoms with van der Waals surface area (Å²) in [4.78, 5) is 0. The smallest absolute Gasteiger partial charge is 0.308 e. The van der Waals surface area contributed by atoms with Crippen molar-refractivity contribution in [2.45, 2.75) is 38.2 Å². The zero-order valence-corrected chi connectivity index (χ0v) is 7.37. The van der Waals surface area contributed by atoms with Crippen LogP contribution >= 0.6 is 0 Å². The molecule has 0 amide bonds. The highest BCUT2D eigenvalue weighted by Crippen LogP contribution is 2.28. The Morgan fingerprint density at radius 3 is 2.31 bits per heavy atom. The van der Waals surface area contributed by atoms with Gasteiger partial charge in [-0.1, -0.05) is 6.92 Å². The molecule has 13 heavy (non-hydrogen) atoms. The molecule has 0 bridgehead atoms. The average Bonchev–Trinajstić information content (AvgIpc) is 1.95. The van der Waals surface area contributed by atoms with Crippen molar-refractivity contribution in [3.05, 3.63) is 0 Å². The van der Waals surface area contributed by atoms with Gasteiger partial charge in [0.05, 0.1) is 6.54 Å². The first-order valence-corrected chi connectivity index (χ1v) is 4.31. The summed E-state index contributed by atoms with van der Waals surface area (Å²) in [6, 6.07) is -0.000347. The van der Waals surface area contributed by atoms with Crippen molar-refractivity contribution in [2.24, 2.45) is 5.92 Å². The zero-order chi connectivity index (χ0) is 10.1. The van der Waals surface area contributed by atoms with E-state index in [0.29, 0.717) is 5.92 Å². The number of hydrogen-bond acceptors (Lipinski definition) is 1. The highest BCUT2D eigenvalue weighted by molar-refractivity contribution is 4.84. The van der Waals surface area contributed by atoms with Crippen molar-refractivity contribution in [3.63, 3.8) is 0 Å². The van der Waals surface area contributed by atoms with E-state index in [4.69, 9.17) is 0 Å². The minimum absolute atomic E-state index is 0.000347. The van der Waals surface area contributed by atoms with Crippen LogP contribution in [0.4, 0.5) is 17.6 Å². The van der Waals surface area contributed by atoms with Gasteiger partial charge < -0.3 is 5.32 Å². The lowest BCUT2D eigenvalue weighted by Crippen LogP contribution is -2.47. The molecule has 1 aliphatic rings. The fourth-order valence-electron chi connectivity index (χ4n) is 1.43. The first-order chi connectivity index (χ1) is 5.92. The predicted molar refractivity (Wildman–Crippen MR) is 41.1 cm³/mol. The summed E-state index contributed by atoms with van der Waals surface area (Å²) < 4.78 is 48.0. The van der Waals surface area contributed by atoms with Crippen molar-refractivity contribution in [1.29, 1.82) is 0 Å². The van der Waals surface area contributed by atoms with Crippen LogP contribution in [0.25, 0.3) is 0 Å². The van der Waals surface area contributed by atoms with E-state index >= 15 is 0 Å². The molecule has 0 aromatic heterocycles. The highest BCUT2D eigenvalue weighted by atomic mass is 19.3. The van der Waals surface area contributed by atoms with E-state index in [1.165, 1.54) is 0 Å². The molecular formula is C8H13F4N. The molecule has 1 nitrogen and oxygen atoms in total. The van der Waals surface area contributed by atoms with Gasteiger partial charge in [0.15, 0.2) is 0 Å². The van der Waals surface area contributed by atoms with Crippen LogP contribution in [0.5, 0.6) is 0 Å². The molecule has 78 valence electrons. The Morgan fingerprint density at radius 1 is 1.38 bits per heavy atom. The molecule has 1 fully saturated rings. The summed E-state index contributed by atoms with van der Waals surface area (Å²) in [5.74, 6) is -3.36. The maximum atomic E-state index is 12.4. The molecule has 1 aliphatic carbocycles. The molecular weight excluding hydrogens is 186 g/mol. The second kappa shape index (κ2) is 3.82. The minimum Gasteiger partial charge on any atom is -0.308 e. The Bertz CT molecular complexity index is 166. The summed E-state index contributed by atoms with van der Waals surface area (Å²) in [5, 5.41) is 2.44. The third-order valence-corrected chi connectivity index (χ3v) is 2.32. The second-order valence-corrected chi connectivity index (χ2v) is 3.72. The lowest BCUT2D eigenvalue weighted by Gasteiger charge is -2.34. The first-order valence-electron chi connectivity index (χ1n) is 4.31. The molecule has 0 saturated heterocycles. The van der Waals surface area contributed by atoms with Crippen LogP contribution in [-0.4, -0.2) is 24.9 Å². The van der Waals surface area contributed by atoms with Crippen LogP contribution in [0.15, 0.2) is 0 Å². The molecule has 0 radical (unpaired) electrons. The Labute approximate surface area is 74.5 Å². The molecule has 0 aliphatic heterocycles. The summed E-state index contributed by atoms with van der Waals surface area (Å²) in [7, 11) is 0. The second-order valence-electron chi connectivity index (χ2n) is 3.72. The van der Waals surface area contributed by atoms with E-state index in [9.17, 15) is 17.6 Å². The number of alkyl halides is 4. The monoisotopic (exact) mass is 199 g/mol. The van der Waals surface area contributed by atoms with E-state index in [-0.39, 0.29) is 6.04 Å². The summed E-state index contributed by atoms with van der Waals surface area (Å²) in [6.07, 6.45) is -1.96. The first kappa shape index (κ1) is 10.8. The molecule has 1 rings (SSSR count).